The third-order valence-electron chi connectivity index (χ3n) is 3.09. The minimum absolute atomic E-state index is 0.285. The molecule has 5 nitrogen and oxygen atoms in total. The Labute approximate surface area is 108 Å². The fourth-order valence-corrected chi connectivity index (χ4v) is 3.96. The van der Waals surface area contributed by atoms with Crippen LogP contribution in [0.1, 0.15) is 32.6 Å². The molecule has 1 aliphatic rings. The lowest BCUT2D eigenvalue weighted by atomic mass is 10.1. The molecule has 18 heavy (non-hydrogen) atoms. The average molecular weight is 273 g/mol. The molecule has 0 aromatic carbocycles. The summed E-state index contributed by atoms with van der Waals surface area (Å²) >= 11 is 0. The Morgan fingerprint density at radius 2 is 2.17 bits per heavy atom. The molecule has 0 aromatic heterocycles. The monoisotopic (exact) mass is 273 g/mol. The van der Waals surface area contributed by atoms with Gasteiger partial charge < -0.3 is 4.74 Å². The second-order valence-electron chi connectivity index (χ2n) is 4.22. The predicted molar refractivity (Wildman–Crippen MR) is 68.1 cm³/mol. The number of rotatable bonds is 5. The van der Waals surface area contributed by atoms with Crippen molar-refractivity contribution >= 4 is 16.0 Å². The molecule has 0 saturated heterocycles. The number of methoxy groups -OCH3 is 1. The van der Waals surface area contributed by atoms with Gasteiger partial charge in [-0.1, -0.05) is 6.42 Å². The lowest BCUT2D eigenvalue weighted by Crippen LogP contribution is -2.39. The Hall–Kier alpha value is -1.06. The van der Waals surface area contributed by atoms with E-state index in [1.165, 1.54) is 7.11 Å². The first-order valence-corrected chi connectivity index (χ1v) is 7.53. The Kier molecular flexibility index (Phi) is 5.63. The van der Waals surface area contributed by atoms with Gasteiger partial charge in [-0.25, -0.2) is 13.1 Å². The number of carbonyl (C=O) groups is 1. The second-order valence-corrected chi connectivity index (χ2v) is 6.20. The highest BCUT2D eigenvalue weighted by atomic mass is 32.2. The summed E-state index contributed by atoms with van der Waals surface area (Å²) < 4.78 is 31.3. The molecule has 0 heterocycles. The number of ether oxygens (including phenoxy) is 1. The van der Waals surface area contributed by atoms with Crippen molar-refractivity contribution in [2.75, 3.05) is 13.7 Å². The molecule has 102 valence electrons. The van der Waals surface area contributed by atoms with Gasteiger partial charge in [0.25, 0.3) is 0 Å². The van der Waals surface area contributed by atoms with Crippen molar-refractivity contribution in [3.8, 4) is 11.8 Å². The lowest BCUT2D eigenvalue weighted by molar-refractivity contribution is -0.145. The van der Waals surface area contributed by atoms with Gasteiger partial charge in [0.2, 0.25) is 10.0 Å². The molecule has 6 heteroatoms. The first-order valence-electron chi connectivity index (χ1n) is 5.99. The summed E-state index contributed by atoms with van der Waals surface area (Å²) in [7, 11) is -2.18. The maximum atomic E-state index is 12.1. The number of hydrogen-bond acceptors (Lipinski definition) is 4. The van der Waals surface area contributed by atoms with Crippen LogP contribution >= 0.6 is 0 Å². The number of carbonyl (C=O) groups excluding carboxylic acids is 1. The van der Waals surface area contributed by atoms with E-state index >= 15 is 0 Å². The quantitative estimate of drug-likeness (QED) is 0.454. The SMILES string of the molecule is CC#CCCNS(=O)(=O)C1CCCC1C(=O)OC. The predicted octanol–water partition coefficient (Wildman–Crippen LogP) is 0.661. The minimum Gasteiger partial charge on any atom is -0.469 e. The maximum Gasteiger partial charge on any atom is 0.310 e. The van der Waals surface area contributed by atoms with E-state index in [0.717, 1.165) is 6.42 Å². The fraction of sp³-hybridized carbons (Fsp3) is 0.750. The molecule has 2 unspecified atom stereocenters. The van der Waals surface area contributed by atoms with Crippen LogP contribution in [-0.4, -0.2) is 33.3 Å². The molecule has 1 aliphatic carbocycles. The van der Waals surface area contributed by atoms with Crippen LogP contribution in [0.3, 0.4) is 0 Å². The van der Waals surface area contributed by atoms with Crippen molar-refractivity contribution in [2.45, 2.75) is 37.9 Å². The van der Waals surface area contributed by atoms with Crippen LogP contribution in [0.4, 0.5) is 0 Å². The second kappa shape index (κ2) is 6.76. The maximum absolute atomic E-state index is 12.1. The number of esters is 1. The lowest BCUT2D eigenvalue weighted by Gasteiger charge is -2.18. The fourth-order valence-electron chi connectivity index (χ4n) is 2.21. The van der Waals surface area contributed by atoms with Gasteiger partial charge in [0.1, 0.15) is 0 Å². The summed E-state index contributed by atoms with van der Waals surface area (Å²) in [5.41, 5.74) is 0. The third kappa shape index (κ3) is 3.72. The van der Waals surface area contributed by atoms with Gasteiger partial charge in [0.05, 0.1) is 18.3 Å². The van der Waals surface area contributed by atoms with Crippen LogP contribution in [0.15, 0.2) is 0 Å². The normalized spacial score (nSPS) is 23.2. The standard InChI is InChI=1S/C12H19NO4S/c1-3-4-5-9-13-18(15,16)11-8-6-7-10(11)12(14)17-2/h10-11,13H,5-9H2,1-2H3. The molecule has 1 N–H and O–H groups in total. The van der Waals surface area contributed by atoms with Crippen LogP contribution in [0.2, 0.25) is 0 Å². The molecule has 0 amide bonds. The average Bonchev–Trinajstić information content (AvgIpc) is 2.83. The van der Waals surface area contributed by atoms with E-state index < -0.39 is 27.2 Å². The summed E-state index contributed by atoms with van der Waals surface area (Å²) in [6, 6.07) is 0. The molecular formula is C12H19NO4S. The van der Waals surface area contributed by atoms with Crippen LogP contribution in [-0.2, 0) is 19.6 Å². The van der Waals surface area contributed by atoms with E-state index in [-0.39, 0.29) is 6.54 Å². The highest BCUT2D eigenvalue weighted by Gasteiger charge is 2.41. The summed E-state index contributed by atoms with van der Waals surface area (Å²) in [6.07, 6.45) is 2.30. The van der Waals surface area contributed by atoms with E-state index in [1.54, 1.807) is 6.92 Å². The highest BCUT2D eigenvalue weighted by molar-refractivity contribution is 7.90. The smallest absolute Gasteiger partial charge is 0.310 e. The number of hydrogen-bond donors (Lipinski definition) is 1. The molecular weight excluding hydrogens is 254 g/mol. The molecule has 0 aromatic rings. The Balaban J connectivity index is 2.64. The summed E-state index contributed by atoms with van der Waals surface area (Å²) in [5, 5.41) is -0.667. The molecule has 2 atom stereocenters. The van der Waals surface area contributed by atoms with E-state index in [1.807, 2.05) is 0 Å². The van der Waals surface area contributed by atoms with Crippen molar-refractivity contribution in [1.29, 1.82) is 0 Å². The molecule has 0 bridgehead atoms. The van der Waals surface area contributed by atoms with Gasteiger partial charge >= 0.3 is 5.97 Å². The Bertz CT molecular complexity index is 446. The van der Waals surface area contributed by atoms with E-state index in [4.69, 9.17) is 0 Å². The molecule has 0 spiro atoms. The summed E-state index contributed by atoms with van der Waals surface area (Å²) in [6.45, 7) is 1.99. The third-order valence-corrected chi connectivity index (χ3v) is 5.05. The zero-order valence-electron chi connectivity index (χ0n) is 10.7. The largest absolute Gasteiger partial charge is 0.469 e. The van der Waals surface area contributed by atoms with Crippen LogP contribution in [0.5, 0.6) is 0 Å². The van der Waals surface area contributed by atoms with Gasteiger partial charge in [0.15, 0.2) is 0 Å². The van der Waals surface area contributed by atoms with Crippen molar-refractivity contribution in [3.05, 3.63) is 0 Å². The first kappa shape index (κ1) is 15.0. The molecule has 1 fully saturated rings. The zero-order chi connectivity index (χ0) is 13.6. The minimum atomic E-state index is -3.46. The first-order chi connectivity index (χ1) is 8.53. The van der Waals surface area contributed by atoms with Crippen LogP contribution in [0.25, 0.3) is 0 Å². The van der Waals surface area contributed by atoms with E-state index in [2.05, 4.69) is 21.3 Å². The highest BCUT2D eigenvalue weighted by Crippen LogP contribution is 2.31. The van der Waals surface area contributed by atoms with Crippen LogP contribution < -0.4 is 4.72 Å². The molecule has 1 saturated carbocycles. The van der Waals surface area contributed by atoms with Crippen molar-refractivity contribution in [1.82, 2.24) is 4.72 Å². The van der Waals surface area contributed by atoms with E-state index in [0.29, 0.717) is 19.3 Å². The molecule has 1 rings (SSSR count). The zero-order valence-corrected chi connectivity index (χ0v) is 11.5. The van der Waals surface area contributed by atoms with Crippen molar-refractivity contribution in [2.24, 2.45) is 5.92 Å². The van der Waals surface area contributed by atoms with Gasteiger partial charge in [-0.15, -0.1) is 11.8 Å². The van der Waals surface area contributed by atoms with Crippen molar-refractivity contribution in [3.63, 3.8) is 0 Å². The molecule has 0 radical (unpaired) electrons. The Morgan fingerprint density at radius 1 is 1.44 bits per heavy atom. The van der Waals surface area contributed by atoms with Crippen LogP contribution in [0, 0.1) is 17.8 Å². The van der Waals surface area contributed by atoms with Gasteiger partial charge in [-0.2, -0.15) is 0 Å². The number of nitrogens with one attached hydrogen (secondary N) is 1. The number of sulfonamides is 1. The topological polar surface area (TPSA) is 72.5 Å². The van der Waals surface area contributed by atoms with E-state index in [9.17, 15) is 13.2 Å². The van der Waals surface area contributed by atoms with Crippen molar-refractivity contribution < 1.29 is 17.9 Å². The Morgan fingerprint density at radius 3 is 2.78 bits per heavy atom. The molecule has 0 aliphatic heterocycles. The summed E-state index contributed by atoms with van der Waals surface area (Å²) in [4.78, 5) is 11.5. The van der Waals surface area contributed by atoms with Gasteiger partial charge in [-0.05, 0) is 19.8 Å². The van der Waals surface area contributed by atoms with Gasteiger partial charge in [-0.3, -0.25) is 4.79 Å². The summed E-state index contributed by atoms with van der Waals surface area (Å²) in [5.74, 6) is 4.52. The van der Waals surface area contributed by atoms with Gasteiger partial charge in [0, 0.05) is 13.0 Å².